The monoisotopic (exact) mass is 1090 g/mol. The first-order chi connectivity index (χ1) is 39.0. The van der Waals surface area contributed by atoms with E-state index < -0.39 is 6.10 Å². The Morgan fingerprint density at radius 3 is 0.810 bits per heavy atom. The second-order valence-corrected chi connectivity index (χ2v) is 20.2. The van der Waals surface area contributed by atoms with Gasteiger partial charge >= 0.3 is 17.9 Å². The Bertz CT molecular complexity index is 1820. The Kier molecular flexibility index (Phi) is 61.0. The molecule has 0 aromatic carbocycles. The maximum atomic E-state index is 12.8. The van der Waals surface area contributed by atoms with Gasteiger partial charge in [0.05, 0.1) is 0 Å². The fourth-order valence-corrected chi connectivity index (χ4v) is 7.99. The first kappa shape index (κ1) is 73.8. The molecule has 1 atom stereocenters. The molecule has 0 aliphatic heterocycles. The standard InChI is InChI=1S/C73H114O6/c1-4-7-10-13-16-19-22-24-26-27-28-29-30-31-32-33-34-35-36-37-38-39-40-41-42-43-44-45-47-48-51-54-57-60-63-66-72(75)78-69-70(68-77-71(74)65-62-59-56-53-50-21-18-15-12-9-6-3)79-73(76)67-64-61-58-55-52-49-46-25-23-20-17-14-11-8-5-2/h7-8,10-11,15-20,24-26,28-29,31-32,34-35,37-38,40-41,43-44,46,52,55,70H,4-6,9,12-14,21-23,27,30,33,36,39,42,45,47-51,53-54,56-69H2,1-3H3/b10-7-,11-8-,18-15-,19-16-,20-17-,26-24-,29-28-,32-31-,35-34-,38-37-,41-40-,44-43-,46-25-,55-52-. The molecule has 79 heavy (non-hydrogen) atoms. The number of ether oxygens (including phenoxy) is 3. The van der Waals surface area contributed by atoms with Gasteiger partial charge in [0.25, 0.3) is 0 Å². The Labute approximate surface area is 485 Å². The fraction of sp³-hybridized carbons (Fsp3) is 0.575. The summed E-state index contributed by atoms with van der Waals surface area (Å²) in [6.07, 6.45) is 96.6. The van der Waals surface area contributed by atoms with E-state index in [1.165, 1.54) is 51.4 Å². The molecule has 1 unspecified atom stereocenters. The van der Waals surface area contributed by atoms with Gasteiger partial charge in [-0.2, -0.15) is 0 Å². The minimum absolute atomic E-state index is 0.109. The second kappa shape index (κ2) is 65.3. The molecule has 442 valence electrons. The summed E-state index contributed by atoms with van der Waals surface area (Å²) in [5.41, 5.74) is 0. The molecule has 0 radical (unpaired) electrons. The zero-order valence-corrected chi connectivity index (χ0v) is 50.6. The van der Waals surface area contributed by atoms with Gasteiger partial charge in [-0.15, -0.1) is 0 Å². The highest BCUT2D eigenvalue weighted by Gasteiger charge is 2.19. The van der Waals surface area contributed by atoms with Crippen molar-refractivity contribution in [3.63, 3.8) is 0 Å². The molecule has 0 saturated heterocycles. The first-order valence-electron chi connectivity index (χ1n) is 31.6. The molecule has 0 N–H and O–H groups in total. The van der Waals surface area contributed by atoms with E-state index in [2.05, 4.69) is 191 Å². The van der Waals surface area contributed by atoms with Crippen molar-refractivity contribution in [1.82, 2.24) is 0 Å². The maximum Gasteiger partial charge on any atom is 0.306 e. The summed E-state index contributed by atoms with van der Waals surface area (Å²) < 4.78 is 16.8. The highest BCUT2D eigenvalue weighted by atomic mass is 16.6. The minimum atomic E-state index is -0.815. The van der Waals surface area contributed by atoms with E-state index in [1.807, 2.05) is 0 Å². The first-order valence-corrected chi connectivity index (χ1v) is 31.6. The fourth-order valence-electron chi connectivity index (χ4n) is 7.99. The van der Waals surface area contributed by atoms with Gasteiger partial charge in [-0.1, -0.05) is 255 Å². The third-order valence-electron chi connectivity index (χ3n) is 12.7. The molecule has 6 heteroatoms. The SMILES string of the molecule is CC/C=C\C/C=C\C/C=C\C/C=C\C/C=C\C/C=C\C/C=C\C/C=C\C/C=C\CCCCCCCCCC(=O)OCC(COC(=O)CCCCCCC/C=C\CCCC)OC(=O)CCCC/C=C\C/C=C\C/C=C\C/C=C\CC. The Morgan fingerprint density at radius 2 is 0.494 bits per heavy atom. The van der Waals surface area contributed by atoms with Gasteiger partial charge in [-0.3, -0.25) is 14.4 Å². The van der Waals surface area contributed by atoms with Crippen molar-refractivity contribution >= 4 is 17.9 Å². The second-order valence-electron chi connectivity index (χ2n) is 20.2. The highest BCUT2D eigenvalue weighted by molar-refractivity contribution is 5.71. The molecule has 0 saturated carbocycles. The molecule has 6 nitrogen and oxygen atoms in total. The number of hydrogen-bond donors (Lipinski definition) is 0. The largest absolute Gasteiger partial charge is 0.462 e. The van der Waals surface area contributed by atoms with Crippen molar-refractivity contribution in [1.29, 1.82) is 0 Å². The van der Waals surface area contributed by atoms with Gasteiger partial charge in [-0.05, 0) is 148 Å². The van der Waals surface area contributed by atoms with Crippen LogP contribution in [0, 0.1) is 0 Å². The van der Waals surface area contributed by atoms with E-state index in [9.17, 15) is 14.4 Å². The van der Waals surface area contributed by atoms with Crippen LogP contribution in [0.3, 0.4) is 0 Å². The van der Waals surface area contributed by atoms with Crippen LogP contribution in [0.25, 0.3) is 0 Å². The molecule has 0 aromatic heterocycles. The van der Waals surface area contributed by atoms with Crippen LogP contribution in [0.4, 0.5) is 0 Å². The maximum absolute atomic E-state index is 12.8. The lowest BCUT2D eigenvalue weighted by molar-refractivity contribution is -0.167. The third kappa shape index (κ3) is 63.5. The summed E-state index contributed by atoms with van der Waals surface area (Å²) in [5, 5.41) is 0. The normalized spacial score (nSPS) is 13.3. The van der Waals surface area contributed by atoms with Gasteiger partial charge in [0, 0.05) is 19.3 Å². The highest BCUT2D eigenvalue weighted by Crippen LogP contribution is 2.13. The van der Waals surface area contributed by atoms with Crippen LogP contribution in [0.15, 0.2) is 170 Å². The molecular weight excluding hydrogens is 973 g/mol. The zero-order chi connectivity index (χ0) is 57.1. The number of allylic oxidation sites excluding steroid dienone is 28. The van der Waals surface area contributed by atoms with E-state index in [1.54, 1.807) is 0 Å². The predicted octanol–water partition coefficient (Wildman–Crippen LogP) is 21.9. The van der Waals surface area contributed by atoms with Crippen LogP contribution >= 0.6 is 0 Å². The van der Waals surface area contributed by atoms with Crippen LogP contribution < -0.4 is 0 Å². The molecule has 0 aliphatic rings. The lowest BCUT2D eigenvalue weighted by atomic mass is 10.1. The Hall–Kier alpha value is -5.23. The summed E-state index contributed by atoms with van der Waals surface area (Å²) in [4.78, 5) is 38.1. The quantitative estimate of drug-likeness (QED) is 0.0261. The average Bonchev–Trinajstić information content (AvgIpc) is 3.45. The number of carbonyl (C=O) groups excluding carboxylic acids is 3. The van der Waals surface area contributed by atoms with Crippen molar-refractivity contribution in [2.24, 2.45) is 0 Å². The van der Waals surface area contributed by atoms with Crippen molar-refractivity contribution in [2.45, 2.75) is 258 Å². The van der Waals surface area contributed by atoms with Gasteiger partial charge in [0.2, 0.25) is 0 Å². The van der Waals surface area contributed by atoms with E-state index in [-0.39, 0.29) is 37.5 Å². The molecule has 0 aliphatic carbocycles. The molecule has 0 heterocycles. The Balaban J connectivity index is 4.29. The summed E-state index contributed by atoms with van der Waals surface area (Å²) in [6.45, 7) is 6.30. The zero-order valence-electron chi connectivity index (χ0n) is 50.6. The van der Waals surface area contributed by atoms with Crippen LogP contribution in [-0.4, -0.2) is 37.2 Å². The van der Waals surface area contributed by atoms with Crippen LogP contribution in [0.2, 0.25) is 0 Å². The lowest BCUT2D eigenvalue weighted by Crippen LogP contribution is -2.30. The number of hydrogen-bond acceptors (Lipinski definition) is 6. The average molecular weight is 1090 g/mol. The molecule has 0 rings (SSSR count). The lowest BCUT2D eigenvalue weighted by Gasteiger charge is -2.18. The van der Waals surface area contributed by atoms with Gasteiger partial charge in [0.15, 0.2) is 6.10 Å². The summed E-state index contributed by atoms with van der Waals surface area (Å²) in [7, 11) is 0. The van der Waals surface area contributed by atoms with Crippen LogP contribution in [-0.2, 0) is 28.6 Å². The predicted molar refractivity (Wildman–Crippen MR) is 343 cm³/mol. The van der Waals surface area contributed by atoms with E-state index in [0.29, 0.717) is 19.3 Å². The molecule has 0 amide bonds. The van der Waals surface area contributed by atoms with Gasteiger partial charge in [-0.25, -0.2) is 0 Å². The van der Waals surface area contributed by atoms with Crippen molar-refractivity contribution in [3.05, 3.63) is 170 Å². The van der Waals surface area contributed by atoms with Crippen molar-refractivity contribution in [2.75, 3.05) is 13.2 Å². The minimum Gasteiger partial charge on any atom is -0.462 e. The van der Waals surface area contributed by atoms with Gasteiger partial charge < -0.3 is 14.2 Å². The van der Waals surface area contributed by atoms with E-state index >= 15 is 0 Å². The molecule has 0 aromatic rings. The Morgan fingerprint density at radius 1 is 0.266 bits per heavy atom. The molecule has 0 fully saturated rings. The van der Waals surface area contributed by atoms with Crippen molar-refractivity contribution < 1.29 is 28.6 Å². The topological polar surface area (TPSA) is 78.9 Å². The van der Waals surface area contributed by atoms with E-state index in [4.69, 9.17) is 14.2 Å². The summed E-state index contributed by atoms with van der Waals surface area (Å²) in [6, 6.07) is 0. The molecule has 0 bridgehead atoms. The van der Waals surface area contributed by atoms with Crippen LogP contribution in [0.5, 0.6) is 0 Å². The number of carbonyl (C=O) groups is 3. The van der Waals surface area contributed by atoms with E-state index in [0.717, 1.165) is 154 Å². The number of rotatable bonds is 55. The van der Waals surface area contributed by atoms with Crippen molar-refractivity contribution in [3.8, 4) is 0 Å². The number of esters is 3. The smallest absolute Gasteiger partial charge is 0.306 e. The van der Waals surface area contributed by atoms with Crippen LogP contribution in [0.1, 0.15) is 252 Å². The molecule has 0 spiro atoms. The molecular formula is C73H114O6. The van der Waals surface area contributed by atoms with Gasteiger partial charge in [0.1, 0.15) is 13.2 Å². The third-order valence-corrected chi connectivity index (χ3v) is 12.7. The number of unbranched alkanes of at least 4 members (excludes halogenated alkanes) is 16. The summed E-state index contributed by atoms with van der Waals surface area (Å²) >= 11 is 0. The summed E-state index contributed by atoms with van der Waals surface area (Å²) in [5.74, 6) is -0.979.